The van der Waals surface area contributed by atoms with Gasteiger partial charge in [-0.15, -0.1) is 0 Å². The zero-order valence-corrected chi connectivity index (χ0v) is 12.0. The zero-order valence-electron chi connectivity index (χ0n) is 12.0. The van der Waals surface area contributed by atoms with Crippen molar-refractivity contribution in [1.82, 2.24) is 5.32 Å². The highest BCUT2D eigenvalue weighted by atomic mass is 16.5. The van der Waals surface area contributed by atoms with E-state index >= 15 is 0 Å². The number of ether oxygens (including phenoxy) is 1. The second-order valence-electron chi connectivity index (χ2n) is 5.13. The van der Waals surface area contributed by atoms with Crippen LogP contribution < -0.4 is 5.32 Å². The average molecular weight is 249 g/mol. The van der Waals surface area contributed by atoms with E-state index in [1.54, 1.807) is 0 Å². The number of rotatable bonds is 5. The smallest absolute Gasteiger partial charge is 0.325 e. The molecule has 0 unspecified atom stereocenters. The van der Waals surface area contributed by atoms with E-state index in [0.29, 0.717) is 13.2 Å². The van der Waals surface area contributed by atoms with Gasteiger partial charge in [-0.05, 0) is 45.7 Å². The fraction of sp³-hybridized carbons (Fsp3) is 0.533. The lowest BCUT2D eigenvalue weighted by molar-refractivity contribution is -0.149. The van der Waals surface area contributed by atoms with Crippen LogP contribution in [0.2, 0.25) is 0 Å². The van der Waals surface area contributed by atoms with E-state index in [1.165, 1.54) is 16.7 Å². The van der Waals surface area contributed by atoms with Gasteiger partial charge in [0.05, 0.1) is 6.61 Å². The lowest BCUT2D eigenvalue weighted by atomic mass is 10.0. The Kier molecular flexibility index (Phi) is 4.91. The number of carbonyl (C=O) groups is 1. The predicted molar refractivity (Wildman–Crippen MR) is 73.5 cm³/mol. The maximum atomic E-state index is 11.8. The standard InChI is InChI=1S/C15H23NO2/c1-6-18-14(17)15(4,5)16-10-13-9-11(2)7-8-12(13)3/h7-9,16H,6,10H2,1-5H3. The van der Waals surface area contributed by atoms with Gasteiger partial charge in [-0.3, -0.25) is 10.1 Å². The van der Waals surface area contributed by atoms with Gasteiger partial charge in [-0.2, -0.15) is 0 Å². The van der Waals surface area contributed by atoms with E-state index in [2.05, 4.69) is 37.4 Å². The highest BCUT2D eigenvalue weighted by molar-refractivity contribution is 5.79. The van der Waals surface area contributed by atoms with Crippen molar-refractivity contribution in [1.29, 1.82) is 0 Å². The minimum Gasteiger partial charge on any atom is -0.465 e. The van der Waals surface area contributed by atoms with E-state index in [0.717, 1.165) is 0 Å². The molecule has 0 bridgehead atoms. The quantitative estimate of drug-likeness (QED) is 0.815. The third kappa shape index (κ3) is 3.84. The van der Waals surface area contributed by atoms with Crippen LogP contribution >= 0.6 is 0 Å². The zero-order chi connectivity index (χ0) is 13.8. The first kappa shape index (κ1) is 14.7. The van der Waals surface area contributed by atoms with E-state index in [-0.39, 0.29) is 5.97 Å². The molecule has 0 aliphatic carbocycles. The van der Waals surface area contributed by atoms with Crippen molar-refractivity contribution in [3.8, 4) is 0 Å². The summed E-state index contributed by atoms with van der Waals surface area (Å²) < 4.78 is 5.05. The van der Waals surface area contributed by atoms with Crippen LogP contribution in [0.1, 0.15) is 37.5 Å². The van der Waals surface area contributed by atoms with Crippen molar-refractivity contribution < 1.29 is 9.53 Å². The maximum Gasteiger partial charge on any atom is 0.325 e. The summed E-state index contributed by atoms with van der Waals surface area (Å²) in [4.78, 5) is 11.8. The molecule has 100 valence electrons. The van der Waals surface area contributed by atoms with E-state index < -0.39 is 5.54 Å². The van der Waals surface area contributed by atoms with Gasteiger partial charge in [-0.25, -0.2) is 0 Å². The number of benzene rings is 1. The average Bonchev–Trinajstić information content (AvgIpc) is 2.31. The molecule has 0 saturated carbocycles. The van der Waals surface area contributed by atoms with Crippen molar-refractivity contribution in [2.75, 3.05) is 6.61 Å². The number of carbonyl (C=O) groups excluding carboxylic acids is 1. The molecule has 0 radical (unpaired) electrons. The van der Waals surface area contributed by atoms with Gasteiger partial charge in [0.15, 0.2) is 0 Å². The monoisotopic (exact) mass is 249 g/mol. The first-order valence-electron chi connectivity index (χ1n) is 6.35. The summed E-state index contributed by atoms with van der Waals surface area (Å²) in [7, 11) is 0. The molecule has 3 heteroatoms. The van der Waals surface area contributed by atoms with Crippen molar-refractivity contribution in [3.05, 3.63) is 34.9 Å². The topological polar surface area (TPSA) is 38.3 Å². The molecule has 1 rings (SSSR count). The minimum absolute atomic E-state index is 0.213. The Morgan fingerprint density at radius 3 is 2.61 bits per heavy atom. The van der Waals surface area contributed by atoms with Crippen LogP contribution in [-0.4, -0.2) is 18.1 Å². The summed E-state index contributed by atoms with van der Waals surface area (Å²) >= 11 is 0. The Balaban J connectivity index is 2.69. The van der Waals surface area contributed by atoms with Gasteiger partial charge in [0, 0.05) is 6.54 Å². The number of hydrogen-bond acceptors (Lipinski definition) is 3. The van der Waals surface area contributed by atoms with E-state index in [9.17, 15) is 4.79 Å². The molecule has 0 atom stereocenters. The van der Waals surface area contributed by atoms with Crippen LogP contribution in [0, 0.1) is 13.8 Å². The first-order valence-corrected chi connectivity index (χ1v) is 6.35. The van der Waals surface area contributed by atoms with Crippen molar-refractivity contribution in [2.24, 2.45) is 0 Å². The molecule has 1 aromatic rings. The van der Waals surface area contributed by atoms with Gasteiger partial charge in [0.1, 0.15) is 5.54 Å². The summed E-state index contributed by atoms with van der Waals surface area (Å²) in [5.41, 5.74) is 3.01. The second-order valence-corrected chi connectivity index (χ2v) is 5.13. The molecule has 0 aliphatic heterocycles. The summed E-state index contributed by atoms with van der Waals surface area (Å²) in [6, 6.07) is 6.34. The van der Waals surface area contributed by atoms with Crippen molar-refractivity contribution in [2.45, 2.75) is 46.7 Å². The molecule has 0 aliphatic rings. The summed E-state index contributed by atoms with van der Waals surface area (Å²) in [5, 5.41) is 3.25. The molecule has 0 amide bonds. The molecule has 0 saturated heterocycles. The van der Waals surface area contributed by atoms with E-state index in [1.807, 2.05) is 20.8 Å². The largest absolute Gasteiger partial charge is 0.465 e. The van der Waals surface area contributed by atoms with Crippen LogP contribution in [0.25, 0.3) is 0 Å². The molecule has 3 nitrogen and oxygen atoms in total. The summed E-state index contributed by atoms with van der Waals surface area (Å²) in [6.45, 7) is 10.7. The molecular formula is C15H23NO2. The van der Waals surface area contributed by atoms with Gasteiger partial charge in [-0.1, -0.05) is 23.8 Å². The molecule has 1 N–H and O–H groups in total. The fourth-order valence-electron chi connectivity index (χ4n) is 1.69. The Bertz CT molecular complexity index is 425. The first-order chi connectivity index (χ1) is 8.36. The molecule has 1 aromatic carbocycles. The van der Waals surface area contributed by atoms with Gasteiger partial charge in [0.2, 0.25) is 0 Å². The lowest BCUT2D eigenvalue weighted by Gasteiger charge is -2.24. The highest BCUT2D eigenvalue weighted by Crippen LogP contribution is 2.13. The van der Waals surface area contributed by atoms with Gasteiger partial charge in [0.25, 0.3) is 0 Å². The number of hydrogen-bond donors (Lipinski definition) is 1. The van der Waals surface area contributed by atoms with E-state index in [4.69, 9.17) is 4.74 Å². The molecule has 0 spiro atoms. The van der Waals surface area contributed by atoms with Crippen LogP contribution in [0.5, 0.6) is 0 Å². The SMILES string of the molecule is CCOC(=O)C(C)(C)NCc1cc(C)ccc1C. The molecule has 0 heterocycles. The van der Waals surface area contributed by atoms with Crippen LogP contribution in [0.4, 0.5) is 0 Å². The molecule has 0 fully saturated rings. The van der Waals surface area contributed by atoms with Crippen molar-refractivity contribution >= 4 is 5.97 Å². The summed E-state index contributed by atoms with van der Waals surface area (Å²) in [6.07, 6.45) is 0. The maximum absolute atomic E-state index is 11.8. The Hall–Kier alpha value is -1.35. The third-order valence-electron chi connectivity index (χ3n) is 3.01. The summed E-state index contributed by atoms with van der Waals surface area (Å²) in [5.74, 6) is -0.213. The molecular weight excluding hydrogens is 226 g/mol. The second kappa shape index (κ2) is 6.01. The van der Waals surface area contributed by atoms with Gasteiger partial charge < -0.3 is 4.74 Å². The predicted octanol–water partition coefficient (Wildman–Crippen LogP) is 2.73. The van der Waals surface area contributed by atoms with Crippen LogP contribution in [0.3, 0.4) is 0 Å². The molecule has 0 aromatic heterocycles. The van der Waals surface area contributed by atoms with Crippen LogP contribution in [-0.2, 0) is 16.1 Å². The fourth-order valence-corrected chi connectivity index (χ4v) is 1.69. The Morgan fingerprint density at radius 1 is 1.33 bits per heavy atom. The highest BCUT2D eigenvalue weighted by Gasteiger charge is 2.28. The Labute approximate surface area is 110 Å². The van der Waals surface area contributed by atoms with Crippen LogP contribution in [0.15, 0.2) is 18.2 Å². The normalized spacial score (nSPS) is 11.4. The molecule has 18 heavy (non-hydrogen) atoms. The van der Waals surface area contributed by atoms with Gasteiger partial charge >= 0.3 is 5.97 Å². The number of nitrogens with one attached hydrogen (secondary N) is 1. The third-order valence-corrected chi connectivity index (χ3v) is 3.01. The van der Waals surface area contributed by atoms with Crippen molar-refractivity contribution in [3.63, 3.8) is 0 Å². The number of esters is 1. The Morgan fingerprint density at radius 2 is 2.00 bits per heavy atom. The minimum atomic E-state index is -0.661. The lowest BCUT2D eigenvalue weighted by Crippen LogP contribution is -2.47. The number of aryl methyl sites for hydroxylation is 2.